The number of ether oxygens (including phenoxy) is 1. The SMILES string of the molecule is NCC(c1ccc2c(c1)CCO2)C(F)F. The van der Waals surface area contributed by atoms with Crippen LogP contribution < -0.4 is 10.5 Å². The maximum absolute atomic E-state index is 12.6. The molecule has 0 spiro atoms. The molecule has 15 heavy (non-hydrogen) atoms. The standard InChI is InChI=1S/C11H13F2NO/c12-11(13)9(6-14)7-1-2-10-8(5-7)3-4-15-10/h1-2,5,9,11H,3-4,6,14H2. The summed E-state index contributed by atoms with van der Waals surface area (Å²) in [7, 11) is 0. The maximum atomic E-state index is 12.6. The highest BCUT2D eigenvalue weighted by Crippen LogP contribution is 2.30. The van der Waals surface area contributed by atoms with Gasteiger partial charge in [-0.2, -0.15) is 0 Å². The number of halogens is 2. The first-order valence-corrected chi connectivity index (χ1v) is 4.96. The number of benzene rings is 1. The van der Waals surface area contributed by atoms with Gasteiger partial charge >= 0.3 is 0 Å². The first-order chi connectivity index (χ1) is 7.22. The second kappa shape index (κ2) is 4.14. The second-order valence-electron chi connectivity index (χ2n) is 3.64. The molecule has 0 radical (unpaired) electrons. The summed E-state index contributed by atoms with van der Waals surface area (Å²) in [6.45, 7) is 0.609. The molecule has 2 N–H and O–H groups in total. The van der Waals surface area contributed by atoms with Crippen LogP contribution in [0.2, 0.25) is 0 Å². The molecular weight excluding hydrogens is 200 g/mol. The molecule has 0 saturated carbocycles. The fourth-order valence-corrected chi connectivity index (χ4v) is 1.82. The number of rotatable bonds is 3. The minimum absolute atomic E-state index is 0.0304. The lowest BCUT2D eigenvalue weighted by atomic mass is 9.97. The fraction of sp³-hybridized carbons (Fsp3) is 0.455. The van der Waals surface area contributed by atoms with Crippen LogP contribution in [0.15, 0.2) is 18.2 Å². The summed E-state index contributed by atoms with van der Waals surface area (Å²) < 4.78 is 30.6. The summed E-state index contributed by atoms with van der Waals surface area (Å²) >= 11 is 0. The van der Waals surface area contributed by atoms with E-state index >= 15 is 0 Å². The molecule has 0 aliphatic carbocycles. The molecule has 0 aromatic heterocycles. The van der Waals surface area contributed by atoms with Crippen molar-refractivity contribution >= 4 is 0 Å². The molecular formula is C11H13F2NO. The van der Waals surface area contributed by atoms with Gasteiger partial charge in [0.1, 0.15) is 5.75 Å². The molecule has 1 heterocycles. The van der Waals surface area contributed by atoms with Crippen LogP contribution in [0.1, 0.15) is 17.0 Å². The lowest BCUT2D eigenvalue weighted by Crippen LogP contribution is -2.19. The third kappa shape index (κ3) is 1.95. The van der Waals surface area contributed by atoms with Gasteiger partial charge in [-0.05, 0) is 17.2 Å². The predicted molar refractivity (Wildman–Crippen MR) is 53.4 cm³/mol. The van der Waals surface area contributed by atoms with E-state index in [9.17, 15) is 8.78 Å². The average molecular weight is 213 g/mol. The predicted octanol–water partition coefficient (Wildman–Crippen LogP) is 1.93. The Balaban J connectivity index is 2.28. The van der Waals surface area contributed by atoms with E-state index in [-0.39, 0.29) is 6.54 Å². The number of hydrogen-bond acceptors (Lipinski definition) is 2. The van der Waals surface area contributed by atoms with Crippen LogP contribution in [0.5, 0.6) is 5.75 Å². The van der Waals surface area contributed by atoms with Crippen LogP contribution in [-0.2, 0) is 6.42 Å². The van der Waals surface area contributed by atoms with Crippen molar-refractivity contribution in [3.05, 3.63) is 29.3 Å². The minimum atomic E-state index is -2.41. The normalized spacial score (nSPS) is 16.3. The summed E-state index contributed by atoms with van der Waals surface area (Å²) in [5.74, 6) is -0.0558. The molecule has 0 bridgehead atoms. The second-order valence-corrected chi connectivity index (χ2v) is 3.64. The van der Waals surface area contributed by atoms with Crippen molar-refractivity contribution in [2.45, 2.75) is 18.8 Å². The summed E-state index contributed by atoms with van der Waals surface area (Å²) in [5, 5.41) is 0. The molecule has 0 saturated heterocycles. The van der Waals surface area contributed by atoms with Gasteiger partial charge in [-0.3, -0.25) is 0 Å². The van der Waals surface area contributed by atoms with Gasteiger partial charge in [-0.25, -0.2) is 8.78 Å². The summed E-state index contributed by atoms with van der Waals surface area (Å²) in [5.41, 5.74) is 6.95. The average Bonchev–Trinajstić information content (AvgIpc) is 2.65. The zero-order valence-corrected chi connectivity index (χ0v) is 8.25. The minimum Gasteiger partial charge on any atom is -0.493 e. The zero-order valence-electron chi connectivity index (χ0n) is 8.25. The summed E-state index contributed by atoms with van der Waals surface area (Å²) in [6, 6.07) is 5.21. The molecule has 4 heteroatoms. The molecule has 1 aliphatic rings. The van der Waals surface area contributed by atoms with Gasteiger partial charge in [-0.15, -0.1) is 0 Å². The van der Waals surface area contributed by atoms with Crippen molar-refractivity contribution in [3.63, 3.8) is 0 Å². The first kappa shape index (κ1) is 10.4. The Morgan fingerprint density at radius 1 is 1.40 bits per heavy atom. The van der Waals surface area contributed by atoms with E-state index in [4.69, 9.17) is 10.5 Å². The monoisotopic (exact) mass is 213 g/mol. The highest BCUT2D eigenvalue weighted by atomic mass is 19.3. The highest BCUT2D eigenvalue weighted by Gasteiger charge is 2.22. The van der Waals surface area contributed by atoms with Gasteiger partial charge in [0.05, 0.1) is 12.5 Å². The summed E-state index contributed by atoms with van der Waals surface area (Å²) in [4.78, 5) is 0. The number of hydrogen-bond donors (Lipinski definition) is 1. The van der Waals surface area contributed by atoms with E-state index in [1.54, 1.807) is 18.2 Å². The van der Waals surface area contributed by atoms with Gasteiger partial charge in [0, 0.05) is 13.0 Å². The fourth-order valence-electron chi connectivity index (χ4n) is 1.82. The molecule has 1 unspecified atom stereocenters. The molecule has 1 aromatic carbocycles. The Labute approximate surface area is 87.0 Å². The lowest BCUT2D eigenvalue weighted by molar-refractivity contribution is 0.117. The highest BCUT2D eigenvalue weighted by molar-refractivity contribution is 5.41. The van der Waals surface area contributed by atoms with Crippen LogP contribution in [0, 0.1) is 0 Å². The van der Waals surface area contributed by atoms with Gasteiger partial charge in [0.2, 0.25) is 6.43 Å². The Morgan fingerprint density at radius 2 is 2.20 bits per heavy atom. The van der Waals surface area contributed by atoms with Crippen molar-refractivity contribution in [3.8, 4) is 5.75 Å². The van der Waals surface area contributed by atoms with Crippen molar-refractivity contribution in [1.82, 2.24) is 0 Å². The molecule has 2 nitrogen and oxygen atoms in total. The first-order valence-electron chi connectivity index (χ1n) is 4.96. The van der Waals surface area contributed by atoms with Crippen LogP contribution in [0.4, 0.5) is 8.78 Å². The smallest absolute Gasteiger partial charge is 0.246 e. The van der Waals surface area contributed by atoms with Crippen LogP contribution in [0.25, 0.3) is 0 Å². The van der Waals surface area contributed by atoms with E-state index in [0.717, 1.165) is 17.7 Å². The third-order valence-corrected chi connectivity index (χ3v) is 2.70. The van der Waals surface area contributed by atoms with Gasteiger partial charge in [0.15, 0.2) is 0 Å². The van der Waals surface area contributed by atoms with Gasteiger partial charge in [0.25, 0.3) is 0 Å². The van der Waals surface area contributed by atoms with E-state index in [2.05, 4.69) is 0 Å². The lowest BCUT2D eigenvalue weighted by Gasteiger charge is -2.14. The Bertz CT molecular complexity index is 354. The number of alkyl halides is 2. The van der Waals surface area contributed by atoms with Crippen molar-refractivity contribution in [1.29, 1.82) is 0 Å². The number of fused-ring (bicyclic) bond motifs is 1. The topological polar surface area (TPSA) is 35.2 Å². The molecule has 1 aromatic rings. The largest absolute Gasteiger partial charge is 0.493 e. The van der Waals surface area contributed by atoms with Crippen LogP contribution in [-0.4, -0.2) is 19.6 Å². The Kier molecular flexibility index (Phi) is 2.86. The summed E-state index contributed by atoms with van der Waals surface area (Å²) in [6.07, 6.45) is -1.61. The van der Waals surface area contributed by atoms with E-state index < -0.39 is 12.3 Å². The van der Waals surface area contributed by atoms with E-state index in [1.165, 1.54) is 0 Å². The van der Waals surface area contributed by atoms with Crippen molar-refractivity contribution in [2.24, 2.45) is 5.73 Å². The maximum Gasteiger partial charge on any atom is 0.246 e. The van der Waals surface area contributed by atoms with E-state index in [0.29, 0.717) is 12.2 Å². The molecule has 1 atom stereocenters. The quantitative estimate of drug-likeness (QED) is 0.832. The van der Waals surface area contributed by atoms with Crippen molar-refractivity contribution < 1.29 is 13.5 Å². The number of nitrogens with two attached hydrogens (primary N) is 1. The van der Waals surface area contributed by atoms with Crippen LogP contribution >= 0.6 is 0 Å². The van der Waals surface area contributed by atoms with Crippen molar-refractivity contribution in [2.75, 3.05) is 13.2 Å². The van der Waals surface area contributed by atoms with Gasteiger partial charge < -0.3 is 10.5 Å². The molecule has 0 amide bonds. The van der Waals surface area contributed by atoms with E-state index in [1.807, 2.05) is 0 Å². The van der Waals surface area contributed by atoms with Gasteiger partial charge in [-0.1, -0.05) is 12.1 Å². The Morgan fingerprint density at radius 3 is 2.87 bits per heavy atom. The molecule has 82 valence electrons. The zero-order chi connectivity index (χ0) is 10.8. The molecule has 2 rings (SSSR count). The third-order valence-electron chi connectivity index (χ3n) is 2.70. The molecule has 1 aliphatic heterocycles. The van der Waals surface area contributed by atoms with Crippen LogP contribution in [0.3, 0.4) is 0 Å². The molecule has 0 fully saturated rings. The Hall–Kier alpha value is -1.16.